The molecule has 1 unspecified atom stereocenters. The first kappa shape index (κ1) is 13.0. The molecular formula is C12H14N2O3. The molecule has 1 aromatic carbocycles. The molecule has 1 aromatic rings. The van der Waals surface area contributed by atoms with Gasteiger partial charge in [0.05, 0.1) is 7.11 Å². The van der Waals surface area contributed by atoms with Crippen LogP contribution in [0.1, 0.15) is 17.3 Å². The third-order valence-corrected chi connectivity index (χ3v) is 2.06. The lowest BCUT2D eigenvalue weighted by molar-refractivity contribution is 0.0615. The summed E-state index contributed by atoms with van der Waals surface area (Å²) in [6, 6.07) is 8.44. The maximum Gasteiger partial charge on any atom is 0.254 e. The minimum atomic E-state index is -0.922. The van der Waals surface area contributed by atoms with Crippen LogP contribution in [0.2, 0.25) is 0 Å². The van der Waals surface area contributed by atoms with E-state index in [1.165, 1.54) is 0 Å². The van der Waals surface area contributed by atoms with Crippen LogP contribution in [0.5, 0.6) is 5.75 Å². The van der Waals surface area contributed by atoms with Crippen molar-refractivity contribution < 1.29 is 14.3 Å². The lowest BCUT2D eigenvalue weighted by Crippen LogP contribution is -2.35. The van der Waals surface area contributed by atoms with Gasteiger partial charge in [-0.2, -0.15) is 5.26 Å². The molecular weight excluding hydrogens is 220 g/mol. The second-order valence-corrected chi connectivity index (χ2v) is 3.17. The van der Waals surface area contributed by atoms with E-state index in [9.17, 15) is 4.79 Å². The highest BCUT2D eigenvalue weighted by Gasteiger charge is 2.12. The van der Waals surface area contributed by atoms with Crippen molar-refractivity contribution in [2.75, 3.05) is 13.7 Å². The zero-order chi connectivity index (χ0) is 12.7. The molecule has 0 spiro atoms. The molecule has 1 amide bonds. The van der Waals surface area contributed by atoms with Gasteiger partial charge in [-0.1, -0.05) is 0 Å². The monoisotopic (exact) mass is 234 g/mol. The number of ether oxygens (including phenoxy) is 2. The Morgan fingerprint density at radius 1 is 1.47 bits per heavy atom. The summed E-state index contributed by atoms with van der Waals surface area (Å²) in [6.45, 7) is 2.12. The van der Waals surface area contributed by atoms with Crippen molar-refractivity contribution in [2.45, 2.75) is 13.2 Å². The van der Waals surface area contributed by atoms with Gasteiger partial charge in [-0.3, -0.25) is 4.79 Å². The van der Waals surface area contributed by atoms with E-state index in [-0.39, 0.29) is 5.91 Å². The average molecular weight is 234 g/mol. The van der Waals surface area contributed by atoms with Crippen molar-refractivity contribution in [1.29, 1.82) is 5.26 Å². The fourth-order valence-corrected chi connectivity index (χ4v) is 1.22. The molecule has 5 nitrogen and oxygen atoms in total. The maximum absolute atomic E-state index is 11.7. The van der Waals surface area contributed by atoms with Crippen LogP contribution < -0.4 is 10.1 Å². The smallest absolute Gasteiger partial charge is 0.254 e. The summed E-state index contributed by atoms with van der Waals surface area (Å²) in [7, 11) is 1.55. The number of nitrogens with one attached hydrogen (secondary N) is 1. The summed E-state index contributed by atoms with van der Waals surface area (Å²) in [4.78, 5) is 11.7. The van der Waals surface area contributed by atoms with Gasteiger partial charge >= 0.3 is 0 Å². The Morgan fingerprint density at radius 3 is 2.59 bits per heavy atom. The summed E-state index contributed by atoms with van der Waals surface area (Å²) < 4.78 is 9.99. The molecule has 1 rings (SSSR count). The van der Waals surface area contributed by atoms with Crippen LogP contribution in [0.15, 0.2) is 24.3 Å². The van der Waals surface area contributed by atoms with Crippen LogP contribution in [0.4, 0.5) is 0 Å². The quantitative estimate of drug-likeness (QED) is 0.780. The van der Waals surface area contributed by atoms with Crippen molar-refractivity contribution >= 4 is 5.91 Å². The van der Waals surface area contributed by atoms with Crippen molar-refractivity contribution in [3.8, 4) is 11.8 Å². The fraction of sp³-hybridized carbons (Fsp3) is 0.333. The van der Waals surface area contributed by atoms with Crippen LogP contribution in [0.25, 0.3) is 0 Å². The summed E-state index contributed by atoms with van der Waals surface area (Å²) in [5.74, 6) is 0.316. The van der Waals surface area contributed by atoms with Gasteiger partial charge in [0.15, 0.2) is 0 Å². The van der Waals surface area contributed by atoms with Crippen molar-refractivity contribution in [1.82, 2.24) is 5.32 Å². The lowest BCUT2D eigenvalue weighted by Gasteiger charge is -2.11. The molecule has 0 heterocycles. The van der Waals surface area contributed by atoms with Gasteiger partial charge in [0.25, 0.3) is 5.91 Å². The maximum atomic E-state index is 11.7. The molecule has 17 heavy (non-hydrogen) atoms. The molecule has 0 aliphatic carbocycles. The number of hydrogen-bond acceptors (Lipinski definition) is 4. The van der Waals surface area contributed by atoms with E-state index in [1.807, 2.05) is 6.07 Å². The predicted molar refractivity (Wildman–Crippen MR) is 61.5 cm³/mol. The van der Waals surface area contributed by atoms with E-state index in [2.05, 4.69) is 5.32 Å². The molecule has 1 N–H and O–H groups in total. The summed E-state index contributed by atoms with van der Waals surface area (Å²) >= 11 is 0. The van der Waals surface area contributed by atoms with E-state index in [4.69, 9.17) is 14.7 Å². The Kier molecular flexibility index (Phi) is 4.98. The van der Waals surface area contributed by atoms with E-state index in [0.717, 1.165) is 0 Å². The average Bonchev–Trinajstić information content (AvgIpc) is 2.38. The molecule has 0 bridgehead atoms. The van der Waals surface area contributed by atoms with E-state index in [1.54, 1.807) is 38.3 Å². The number of amides is 1. The first-order chi connectivity index (χ1) is 8.21. The Hall–Kier alpha value is -2.06. The number of hydrogen-bond donors (Lipinski definition) is 1. The Bertz CT molecular complexity index is 409. The number of carbonyl (C=O) groups is 1. The summed E-state index contributed by atoms with van der Waals surface area (Å²) in [6.07, 6.45) is -0.922. The second-order valence-electron chi connectivity index (χ2n) is 3.17. The Labute approximate surface area is 100.0 Å². The van der Waals surface area contributed by atoms with Crippen LogP contribution in [0.3, 0.4) is 0 Å². The number of nitrogens with zero attached hydrogens (tertiary/aromatic N) is 1. The SMILES string of the molecule is CCOC(C#N)NC(=O)c1ccc(OC)cc1. The first-order valence-corrected chi connectivity index (χ1v) is 5.17. The van der Waals surface area contributed by atoms with E-state index >= 15 is 0 Å². The van der Waals surface area contributed by atoms with Crippen molar-refractivity contribution in [3.63, 3.8) is 0 Å². The molecule has 0 aliphatic rings. The van der Waals surface area contributed by atoms with Gasteiger partial charge in [-0.05, 0) is 31.2 Å². The second kappa shape index (κ2) is 6.51. The van der Waals surface area contributed by atoms with Crippen LogP contribution in [-0.2, 0) is 4.74 Å². The number of rotatable bonds is 5. The Morgan fingerprint density at radius 2 is 2.12 bits per heavy atom. The standard InChI is InChI=1S/C12H14N2O3/c1-3-17-11(8-13)14-12(15)9-4-6-10(16-2)7-5-9/h4-7,11H,3H2,1-2H3,(H,14,15). The third-order valence-electron chi connectivity index (χ3n) is 2.06. The normalized spacial score (nSPS) is 11.4. The van der Waals surface area contributed by atoms with Gasteiger partial charge in [0.1, 0.15) is 11.8 Å². The van der Waals surface area contributed by atoms with Crippen LogP contribution >= 0.6 is 0 Å². The number of nitriles is 1. The summed E-state index contributed by atoms with van der Waals surface area (Å²) in [5, 5.41) is 11.2. The summed E-state index contributed by atoms with van der Waals surface area (Å²) in [5.41, 5.74) is 0.450. The van der Waals surface area contributed by atoms with Gasteiger partial charge < -0.3 is 14.8 Å². The number of carbonyl (C=O) groups excluding carboxylic acids is 1. The number of benzene rings is 1. The van der Waals surface area contributed by atoms with Gasteiger partial charge in [0, 0.05) is 12.2 Å². The predicted octanol–water partition coefficient (Wildman–Crippen LogP) is 1.31. The minimum absolute atomic E-state index is 0.354. The highest BCUT2D eigenvalue weighted by atomic mass is 16.5. The van der Waals surface area contributed by atoms with E-state index in [0.29, 0.717) is 17.9 Å². The molecule has 0 saturated heterocycles. The molecule has 0 radical (unpaired) electrons. The topological polar surface area (TPSA) is 71.3 Å². The van der Waals surface area contributed by atoms with Gasteiger partial charge in [-0.15, -0.1) is 0 Å². The molecule has 0 aliphatic heterocycles. The van der Waals surface area contributed by atoms with Gasteiger partial charge in [0.2, 0.25) is 6.23 Å². The van der Waals surface area contributed by atoms with Crippen molar-refractivity contribution in [2.24, 2.45) is 0 Å². The van der Waals surface area contributed by atoms with Crippen LogP contribution in [0, 0.1) is 11.3 Å². The molecule has 5 heteroatoms. The zero-order valence-corrected chi connectivity index (χ0v) is 9.77. The third kappa shape index (κ3) is 3.78. The molecule has 0 saturated carbocycles. The molecule has 1 atom stereocenters. The van der Waals surface area contributed by atoms with E-state index < -0.39 is 6.23 Å². The van der Waals surface area contributed by atoms with Crippen molar-refractivity contribution in [3.05, 3.63) is 29.8 Å². The lowest BCUT2D eigenvalue weighted by atomic mass is 10.2. The van der Waals surface area contributed by atoms with Crippen LogP contribution in [-0.4, -0.2) is 25.9 Å². The van der Waals surface area contributed by atoms with Gasteiger partial charge in [-0.25, -0.2) is 0 Å². The fourth-order valence-electron chi connectivity index (χ4n) is 1.22. The zero-order valence-electron chi connectivity index (χ0n) is 9.77. The molecule has 90 valence electrons. The molecule has 0 aromatic heterocycles. The minimum Gasteiger partial charge on any atom is -0.497 e. The first-order valence-electron chi connectivity index (χ1n) is 5.17. The number of methoxy groups -OCH3 is 1. The highest BCUT2D eigenvalue weighted by Crippen LogP contribution is 2.11. The largest absolute Gasteiger partial charge is 0.497 e. The highest BCUT2D eigenvalue weighted by molar-refractivity contribution is 5.94. The Balaban J connectivity index is 2.66. The molecule has 0 fully saturated rings.